The molecule has 0 amide bonds. The minimum absolute atomic E-state index is 0.845. The Labute approximate surface area is 90.3 Å². The van der Waals surface area contributed by atoms with E-state index in [-0.39, 0.29) is 0 Å². The molecule has 0 saturated heterocycles. The molecule has 14 heavy (non-hydrogen) atoms. The van der Waals surface area contributed by atoms with Crippen molar-refractivity contribution in [1.82, 2.24) is 4.90 Å². The van der Waals surface area contributed by atoms with Crippen LogP contribution >= 0.6 is 11.8 Å². The van der Waals surface area contributed by atoms with Gasteiger partial charge in [-0.2, -0.15) is 4.51 Å². The van der Waals surface area contributed by atoms with E-state index in [9.17, 15) is 0 Å². The largest absolute Gasteiger partial charge is 0.356 e. The van der Waals surface area contributed by atoms with E-state index >= 15 is 0 Å². The molecule has 0 aliphatic rings. The molecule has 3 heteroatoms. The first-order valence-corrected chi connectivity index (χ1v) is 5.16. The molecule has 0 fully saturated rings. The Morgan fingerprint density at radius 2 is 1.79 bits per heavy atom. The first-order valence-electron chi connectivity index (χ1n) is 4.82. The van der Waals surface area contributed by atoms with E-state index in [1.807, 2.05) is 30.3 Å². The maximum Gasteiger partial charge on any atom is 0.150 e. The molecule has 0 bridgehead atoms. The number of hydrogen-bond donors (Lipinski definition) is 0. The molecule has 1 rings (SSSR count). The summed E-state index contributed by atoms with van der Waals surface area (Å²) in [6, 6.07) is 9.98. The molecule has 2 nitrogen and oxygen atoms in total. The lowest BCUT2D eigenvalue weighted by molar-refractivity contribution is 0.467. The van der Waals surface area contributed by atoms with E-state index in [4.69, 9.17) is 11.8 Å². The molecule has 0 aliphatic carbocycles. The molecule has 0 N–H and O–H groups in total. The van der Waals surface area contributed by atoms with Crippen LogP contribution in [0.4, 0.5) is 0 Å². The van der Waals surface area contributed by atoms with Gasteiger partial charge in [-0.25, -0.2) is 0 Å². The third-order valence-corrected chi connectivity index (χ3v) is 2.34. The molecular weight excluding hydrogens is 196 g/mol. The molecule has 0 spiro atoms. The van der Waals surface area contributed by atoms with E-state index in [1.54, 1.807) is 0 Å². The van der Waals surface area contributed by atoms with Crippen LogP contribution in [0.15, 0.2) is 34.8 Å². The Morgan fingerprint density at radius 1 is 1.21 bits per heavy atom. The average Bonchev–Trinajstić information content (AvgIpc) is 2.27. The molecule has 0 aromatic heterocycles. The zero-order valence-corrected chi connectivity index (χ0v) is 9.33. The van der Waals surface area contributed by atoms with Crippen LogP contribution in [0, 0.1) is 0 Å². The summed E-state index contributed by atoms with van der Waals surface area (Å²) in [5.74, 6) is 0.845. The maximum atomic E-state index is 5.60. The van der Waals surface area contributed by atoms with Gasteiger partial charge in [0.2, 0.25) is 0 Å². The van der Waals surface area contributed by atoms with E-state index < -0.39 is 0 Å². The molecule has 0 unspecified atom stereocenters. The van der Waals surface area contributed by atoms with Gasteiger partial charge < -0.3 is 4.90 Å². The highest BCUT2D eigenvalue weighted by Gasteiger charge is 2.08. The van der Waals surface area contributed by atoms with Crippen molar-refractivity contribution in [3.63, 3.8) is 0 Å². The highest BCUT2D eigenvalue weighted by Crippen LogP contribution is 2.07. The molecule has 0 heterocycles. The van der Waals surface area contributed by atoms with Crippen molar-refractivity contribution in [2.75, 3.05) is 13.1 Å². The third-order valence-electron chi connectivity index (χ3n) is 2.18. The summed E-state index contributed by atoms with van der Waals surface area (Å²) in [6.07, 6.45) is 0. The van der Waals surface area contributed by atoms with Crippen LogP contribution in [0.3, 0.4) is 0 Å². The van der Waals surface area contributed by atoms with Crippen molar-refractivity contribution < 1.29 is 0 Å². The summed E-state index contributed by atoms with van der Waals surface area (Å²) < 4.78 is 3.82. The van der Waals surface area contributed by atoms with Gasteiger partial charge in [0.15, 0.2) is 0 Å². The van der Waals surface area contributed by atoms with Crippen LogP contribution in [-0.4, -0.2) is 23.8 Å². The number of halogens is 1. The predicted octanol–water partition coefficient (Wildman–Crippen LogP) is 2.93. The molecular formula is C11H15ClN2. The van der Waals surface area contributed by atoms with E-state index in [0.29, 0.717) is 0 Å². The minimum Gasteiger partial charge on any atom is -0.356 e. The lowest BCUT2D eigenvalue weighted by Crippen LogP contribution is -2.30. The number of nitrogens with zero attached hydrogens (tertiary/aromatic N) is 2. The minimum atomic E-state index is 0.845. The molecule has 1 aromatic carbocycles. The zero-order chi connectivity index (χ0) is 10.4. The Hall–Kier alpha value is -1.02. The van der Waals surface area contributed by atoms with Crippen LogP contribution < -0.4 is 0 Å². The molecule has 0 radical (unpaired) electrons. The second-order valence-electron chi connectivity index (χ2n) is 2.95. The quantitative estimate of drug-likeness (QED) is 0.553. The molecule has 76 valence electrons. The highest BCUT2D eigenvalue weighted by atomic mass is 35.5. The van der Waals surface area contributed by atoms with Crippen molar-refractivity contribution in [2.45, 2.75) is 13.8 Å². The topological polar surface area (TPSA) is 15.6 Å². The third kappa shape index (κ3) is 2.48. The van der Waals surface area contributed by atoms with Crippen LogP contribution in [0.25, 0.3) is 0 Å². The summed E-state index contributed by atoms with van der Waals surface area (Å²) in [7, 11) is 0. The van der Waals surface area contributed by atoms with E-state index in [0.717, 1.165) is 24.5 Å². The van der Waals surface area contributed by atoms with E-state index in [2.05, 4.69) is 23.3 Å². The van der Waals surface area contributed by atoms with Gasteiger partial charge in [-0.3, -0.25) is 0 Å². The fourth-order valence-electron chi connectivity index (χ4n) is 1.40. The summed E-state index contributed by atoms with van der Waals surface area (Å²) in [5, 5.41) is 0. The van der Waals surface area contributed by atoms with Crippen LogP contribution in [0.2, 0.25) is 0 Å². The van der Waals surface area contributed by atoms with Gasteiger partial charge >= 0.3 is 0 Å². The predicted molar refractivity (Wildman–Crippen MR) is 61.8 cm³/mol. The second kappa shape index (κ2) is 5.66. The fraction of sp³-hybridized carbons (Fsp3) is 0.364. The second-order valence-corrected chi connectivity index (χ2v) is 3.12. The summed E-state index contributed by atoms with van der Waals surface area (Å²) >= 11 is 5.60. The van der Waals surface area contributed by atoms with Gasteiger partial charge in [0.25, 0.3) is 0 Å². The highest BCUT2D eigenvalue weighted by molar-refractivity contribution is 6.22. The molecule has 0 atom stereocenters. The molecule has 0 aliphatic heterocycles. The van der Waals surface area contributed by atoms with Gasteiger partial charge in [0.1, 0.15) is 5.84 Å². The Balaban J connectivity index is 2.94. The van der Waals surface area contributed by atoms with Crippen LogP contribution in [0.5, 0.6) is 0 Å². The summed E-state index contributed by atoms with van der Waals surface area (Å²) in [6.45, 7) is 6.01. The van der Waals surface area contributed by atoms with Gasteiger partial charge in [-0.15, -0.1) is 0 Å². The molecule has 0 saturated carbocycles. The van der Waals surface area contributed by atoms with Gasteiger partial charge in [-0.1, -0.05) is 30.3 Å². The normalized spacial score (nSPS) is 11.5. The smallest absolute Gasteiger partial charge is 0.150 e. The standard InChI is InChI=1S/C11H15ClN2/c1-3-14(4-2)11(13-12)10-8-6-5-7-9-10/h5-9H,3-4H2,1-2H3. The number of rotatable bonds is 3. The van der Waals surface area contributed by atoms with E-state index in [1.165, 1.54) is 0 Å². The Kier molecular flexibility index (Phi) is 4.47. The lowest BCUT2D eigenvalue weighted by atomic mass is 10.2. The number of hydrogen-bond acceptors (Lipinski definition) is 1. The Bertz CT molecular complexity index is 291. The van der Waals surface area contributed by atoms with Gasteiger partial charge in [0.05, 0.1) is 0 Å². The average molecular weight is 211 g/mol. The monoisotopic (exact) mass is 210 g/mol. The van der Waals surface area contributed by atoms with Crippen molar-refractivity contribution in [3.8, 4) is 0 Å². The van der Waals surface area contributed by atoms with Gasteiger partial charge in [0, 0.05) is 30.4 Å². The summed E-state index contributed by atoms with van der Waals surface area (Å²) in [5.41, 5.74) is 1.06. The maximum absolute atomic E-state index is 5.60. The first-order chi connectivity index (χ1) is 6.83. The van der Waals surface area contributed by atoms with Crippen molar-refractivity contribution >= 4 is 17.6 Å². The fourth-order valence-corrected chi connectivity index (χ4v) is 1.60. The Morgan fingerprint density at radius 3 is 2.21 bits per heavy atom. The zero-order valence-electron chi connectivity index (χ0n) is 8.57. The van der Waals surface area contributed by atoms with Crippen molar-refractivity contribution in [2.24, 2.45) is 4.51 Å². The first kappa shape index (κ1) is 11.1. The number of amidine groups is 1. The van der Waals surface area contributed by atoms with Crippen LogP contribution in [-0.2, 0) is 0 Å². The molecule has 1 aromatic rings. The number of benzene rings is 1. The SMILES string of the molecule is CCN(CC)C(=NCl)c1ccccc1. The van der Waals surface area contributed by atoms with Crippen molar-refractivity contribution in [3.05, 3.63) is 35.9 Å². The van der Waals surface area contributed by atoms with Gasteiger partial charge in [-0.05, 0) is 13.8 Å². The van der Waals surface area contributed by atoms with Crippen molar-refractivity contribution in [1.29, 1.82) is 0 Å². The lowest BCUT2D eigenvalue weighted by Gasteiger charge is -2.21. The summed E-state index contributed by atoms with van der Waals surface area (Å²) in [4.78, 5) is 2.13. The van der Waals surface area contributed by atoms with Crippen LogP contribution in [0.1, 0.15) is 19.4 Å².